The van der Waals surface area contributed by atoms with Crippen molar-refractivity contribution in [1.29, 1.82) is 0 Å². The Hall–Kier alpha value is -1.58. The molecule has 0 aromatic heterocycles. The van der Waals surface area contributed by atoms with Crippen LogP contribution in [0.1, 0.15) is 17.5 Å². The summed E-state index contributed by atoms with van der Waals surface area (Å²) in [4.78, 5) is 33.7. The van der Waals surface area contributed by atoms with Crippen LogP contribution in [0.15, 0.2) is 48.5 Å². The van der Waals surface area contributed by atoms with Gasteiger partial charge in [-0.05, 0) is 35.4 Å². The van der Waals surface area contributed by atoms with Crippen LogP contribution in [-0.2, 0) is 22.7 Å². The van der Waals surface area contributed by atoms with E-state index in [0.717, 1.165) is 49.3 Å². The topological polar surface area (TPSA) is 78.6 Å². The maximum atomic E-state index is 12.7. The highest BCUT2D eigenvalue weighted by atomic mass is 35.5. The van der Waals surface area contributed by atoms with Crippen molar-refractivity contribution >= 4 is 59.8 Å². The number of nitrogens with zero attached hydrogens (tertiary/aromatic N) is 4. The normalized spacial score (nSPS) is 16.4. The lowest BCUT2D eigenvalue weighted by molar-refractivity contribution is -0.142. The zero-order chi connectivity index (χ0) is 23.2. The minimum Gasteiger partial charge on any atom is -0.412 e. The van der Waals surface area contributed by atoms with Crippen molar-refractivity contribution in [3.63, 3.8) is 0 Å². The minimum atomic E-state index is -0.0604. The molecule has 2 aromatic carbocycles. The van der Waals surface area contributed by atoms with Crippen LogP contribution in [0, 0.1) is 0 Å². The summed E-state index contributed by atoms with van der Waals surface area (Å²) in [6, 6.07) is 15.8. The first kappa shape index (κ1) is 32.4. The van der Waals surface area contributed by atoms with E-state index in [2.05, 4.69) is 9.80 Å². The molecule has 2 aromatic rings. The van der Waals surface area contributed by atoms with Gasteiger partial charge in [0.15, 0.2) is 0 Å². The number of hydrogen-bond donors (Lipinski definition) is 0. The molecule has 7 nitrogen and oxygen atoms in total. The summed E-state index contributed by atoms with van der Waals surface area (Å²) < 4.78 is 0. The van der Waals surface area contributed by atoms with Crippen LogP contribution in [-0.4, -0.2) is 89.2 Å². The highest BCUT2D eigenvalue weighted by molar-refractivity contribution is 6.30. The molecule has 2 heterocycles. The van der Waals surface area contributed by atoms with Gasteiger partial charge in [-0.1, -0.05) is 47.5 Å². The molecule has 0 bridgehead atoms. The molecule has 0 saturated carbocycles. The number of rotatable bonds is 6. The molecule has 0 spiro atoms. The molecule has 0 atom stereocenters. The molecule has 2 aliphatic heterocycles. The van der Waals surface area contributed by atoms with E-state index in [9.17, 15) is 9.59 Å². The molecule has 2 N–H and O–H groups in total. The van der Waals surface area contributed by atoms with Gasteiger partial charge < -0.3 is 15.3 Å². The van der Waals surface area contributed by atoms with E-state index in [4.69, 9.17) is 23.2 Å². The van der Waals surface area contributed by atoms with Gasteiger partial charge in [-0.3, -0.25) is 19.4 Å². The quantitative estimate of drug-likeness (QED) is 0.491. The first-order valence-electron chi connectivity index (χ1n) is 11.5. The van der Waals surface area contributed by atoms with Gasteiger partial charge in [-0.25, -0.2) is 0 Å². The zero-order valence-electron chi connectivity index (χ0n) is 20.1. The van der Waals surface area contributed by atoms with Crippen LogP contribution in [0.2, 0.25) is 10.0 Å². The Bertz CT molecular complexity index is 869. The number of piperazine rings is 2. The van der Waals surface area contributed by atoms with Crippen molar-refractivity contribution in [2.45, 2.75) is 19.5 Å². The predicted molar refractivity (Wildman–Crippen MR) is 149 cm³/mol. The fraction of sp³-hybridized carbons (Fsp3) is 0.440. The Morgan fingerprint density at radius 3 is 1.19 bits per heavy atom. The van der Waals surface area contributed by atoms with E-state index in [-0.39, 0.29) is 48.5 Å². The van der Waals surface area contributed by atoms with Gasteiger partial charge >= 0.3 is 0 Å². The number of carbonyl (C=O) groups is 2. The number of carbonyl (C=O) groups excluding carboxylic acids is 2. The third kappa shape index (κ3) is 9.38. The summed E-state index contributed by atoms with van der Waals surface area (Å²) in [6.07, 6.45) is -0.0334. The molecule has 36 heavy (non-hydrogen) atoms. The van der Waals surface area contributed by atoms with Gasteiger partial charge in [0, 0.05) is 75.5 Å². The second kappa shape index (κ2) is 15.6. The smallest absolute Gasteiger partial charge is 0.232 e. The van der Waals surface area contributed by atoms with Crippen LogP contribution < -0.4 is 0 Å². The number of benzene rings is 2. The van der Waals surface area contributed by atoms with E-state index in [1.54, 1.807) is 0 Å². The van der Waals surface area contributed by atoms with Gasteiger partial charge in [0.05, 0.1) is 0 Å². The lowest BCUT2D eigenvalue weighted by Crippen LogP contribution is -2.51. The van der Waals surface area contributed by atoms with Crippen molar-refractivity contribution in [1.82, 2.24) is 19.6 Å². The number of amides is 2. The zero-order valence-corrected chi connectivity index (χ0v) is 23.2. The maximum absolute atomic E-state index is 12.7. The molecular formula is C25H34Cl4N4O3. The SMILES string of the molecule is Cl.Cl.O.O=C(CC(=O)N1CCN(Cc2ccc(Cl)cc2)CC1)N1CCN(Cc2ccc(Cl)cc2)CC1. The van der Waals surface area contributed by atoms with Gasteiger partial charge in [0.2, 0.25) is 11.8 Å². The minimum absolute atomic E-state index is 0. The third-order valence-electron chi connectivity index (χ3n) is 6.39. The summed E-state index contributed by atoms with van der Waals surface area (Å²) in [6.45, 7) is 7.58. The van der Waals surface area contributed by atoms with E-state index < -0.39 is 0 Å². The molecule has 200 valence electrons. The van der Waals surface area contributed by atoms with Crippen molar-refractivity contribution < 1.29 is 15.1 Å². The van der Waals surface area contributed by atoms with E-state index >= 15 is 0 Å². The van der Waals surface area contributed by atoms with Gasteiger partial charge in [0.25, 0.3) is 0 Å². The first-order chi connectivity index (χ1) is 16.0. The fourth-order valence-corrected chi connectivity index (χ4v) is 4.61. The predicted octanol–water partition coefficient (Wildman–Crippen LogP) is 3.39. The van der Waals surface area contributed by atoms with Crippen LogP contribution in [0.5, 0.6) is 0 Å². The van der Waals surface area contributed by atoms with Gasteiger partial charge in [0.1, 0.15) is 6.42 Å². The van der Waals surface area contributed by atoms with Crippen LogP contribution >= 0.6 is 48.0 Å². The summed E-state index contributed by atoms with van der Waals surface area (Å²) >= 11 is 11.9. The standard InChI is InChI=1S/C25H30Cl2N4O2.2ClH.H2O/c26-22-5-1-20(2-6-22)18-28-9-13-30(14-10-28)24(32)17-25(33)31-15-11-29(12-16-31)19-21-3-7-23(27)8-4-21;;;/h1-8H,9-19H2;2*1H;1H2. The molecule has 2 aliphatic rings. The van der Waals surface area contributed by atoms with Crippen LogP contribution in [0.25, 0.3) is 0 Å². The van der Waals surface area contributed by atoms with Gasteiger partial charge in [-0.2, -0.15) is 0 Å². The summed E-state index contributed by atoms with van der Waals surface area (Å²) in [5, 5.41) is 1.48. The second-order valence-electron chi connectivity index (χ2n) is 8.74. The fourth-order valence-electron chi connectivity index (χ4n) is 4.36. The lowest BCUT2D eigenvalue weighted by Gasteiger charge is -2.36. The summed E-state index contributed by atoms with van der Waals surface area (Å²) in [5.74, 6) is -0.121. The molecule has 0 unspecified atom stereocenters. The van der Waals surface area contributed by atoms with Crippen LogP contribution in [0.4, 0.5) is 0 Å². The molecule has 4 rings (SSSR count). The summed E-state index contributed by atoms with van der Waals surface area (Å²) in [5.41, 5.74) is 2.43. The number of hydrogen-bond acceptors (Lipinski definition) is 4. The monoisotopic (exact) mass is 578 g/mol. The number of halogens is 4. The molecule has 2 saturated heterocycles. The Labute approximate surface area is 235 Å². The Morgan fingerprint density at radius 2 is 0.889 bits per heavy atom. The molecule has 11 heteroatoms. The molecule has 2 fully saturated rings. The molecule has 2 amide bonds. The van der Waals surface area contributed by atoms with E-state index in [1.807, 2.05) is 58.3 Å². The van der Waals surface area contributed by atoms with Crippen molar-refractivity contribution in [3.8, 4) is 0 Å². The highest BCUT2D eigenvalue weighted by Gasteiger charge is 2.27. The maximum Gasteiger partial charge on any atom is 0.232 e. The summed E-state index contributed by atoms with van der Waals surface area (Å²) in [7, 11) is 0. The Kier molecular flexibility index (Phi) is 14.1. The average molecular weight is 580 g/mol. The van der Waals surface area contributed by atoms with E-state index in [0.29, 0.717) is 26.2 Å². The largest absolute Gasteiger partial charge is 0.412 e. The Balaban J connectivity index is 0.00000216. The second-order valence-corrected chi connectivity index (χ2v) is 9.62. The van der Waals surface area contributed by atoms with Crippen molar-refractivity contribution in [2.24, 2.45) is 0 Å². The first-order valence-corrected chi connectivity index (χ1v) is 12.2. The van der Waals surface area contributed by atoms with E-state index in [1.165, 1.54) is 11.1 Å². The average Bonchev–Trinajstić information content (AvgIpc) is 2.83. The lowest BCUT2D eigenvalue weighted by atomic mass is 10.2. The molecule has 0 aliphatic carbocycles. The van der Waals surface area contributed by atoms with Crippen molar-refractivity contribution in [2.75, 3.05) is 52.4 Å². The third-order valence-corrected chi connectivity index (χ3v) is 6.90. The Morgan fingerprint density at radius 1 is 0.583 bits per heavy atom. The molecule has 0 radical (unpaired) electrons. The highest BCUT2D eigenvalue weighted by Crippen LogP contribution is 2.15. The van der Waals surface area contributed by atoms with Gasteiger partial charge in [-0.15, -0.1) is 24.8 Å². The molecular weight excluding hydrogens is 546 g/mol. The van der Waals surface area contributed by atoms with Crippen molar-refractivity contribution in [3.05, 3.63) is 69.7 Å². The van der Waals surface area contributed by atoms with Crippen LogP contribution in [0.3, 0.4) is 0 Å².